The van der Waals surface area contributed by atoms with E-state index in [1.54, 1.807) is 26.0 Å². The van der Waals surface area contributed by atoms with E-state index in [-0.39, 0.29) is 5.90 Å². The van der Waals surface area contributed by atoms with E-state index in [9.17, 15) is 4.79 Å². The molecule has 4 heteroatoms. The smallest absolute Gasteiger partial charge is 0.322 e. The van der Waals surface area contributed by atoms with Gasteiger partial charge in [-0.25, -0.2) is 0 Å². The highest BCUT2D eigenvalue weighted by molar-refractivity contribution is 6.02. The van der Waals surface area contributed by atoms with Crippen molar-refractivity contribution in [1.82, 2.24) is 0 Å². The van der Waals surface area contributed by atoms with Gasteiger partial charge in [-0.15, -0.1) is 0 Å². The molecule has 1 N–H and O–H groups in total. The lowest BCUT2D eigenvalue weighted by atomic mass is 9.99. The van der Waals surface area contributed by atoms with Crippen LogP contribution < -0.4 is 0 Å². The lowest BCUT2D eigenvalue weighted by Crippen LogP contribution is -2.25. The molecule has 0 saturated heterocycles. The van der Waals surface area contributed by atoms with Gasteiger partial charge in [0.1, 0.15) is 0 Å². The van der Waals surface area contributed by atoms with Crippen LogP contribution in [-0.4, -0.2) is 25.1 Å². The van der Waals surface area contributed by atoms with Crippen LogP contribution in [0.3, 0.4) is 0 Å². The topological polar surface area (TPSA) is 59.4 Å². The number of nitrogens with one attached hydrogen (secondary N) is 1. The summed E-state index contributed by atoms with van der Waals surface area (Å²) in [6.45, 7) is 4.18. The molecule has 0 fully saturated rings. The highest BCUT2D eigenvalue weighted by Crippen LogP contribution is 2.19. The van der Waals surface area contributed by atoms with Crippen LogP contribution in [0.25, 0.3) is 0 Å². The zero-order chi connectivity index (χ0) is 12.7. The van der Waals surface area contributed by atoms with Gasteiger partial charge in [-0.1, -0.05) is 30.3 Å². The van der Waals surface area contributed by atoms with Gasteiger partial charge in [-0.2, -0.15) is 0 Å². The van der Waals surface area contributed by atoms with Crippen molar-refractivity contribution in [3.63, 3.8) is 0 Å². The van der Waals surface area contributed by atoms with Gasteiger partial charge < -0.3 is 9.47 Å². The Morgan fingerprint density at radius 2 is 1.76 bits per heavy atom. The van der Waals surface area contributed by atoms with Gasteiger partial charge in [0.05, 0.1) is 13.2 Å². The van der Waals surface area contributed by atoms with Crippen molar-refractivity contribution in [3.05, 3.63) is 35.9 Å². The standard InChI is InChI=1S/C13H17NO3/c1-3-16-12(14)11(13(15)17-4-2)10-8-6-5-7-9-10/h5-9,11,14H,3-4H2,1-2H3. The Morgan fingerprint density at radius 3 is 2.29 bits per heavy atom. The van der Waals surface area contributed by atoms with E-state index in [4.69, 9.17) is 14.9 Å². The molecule has 0 aromatic heterocycles. The third-order valence-corrected chi connectivity index (χ3v) is 2.22. The number of esters is 1. The minimum atomic E-state index is -0.768. The maximum Gasteiger partial charge on any atom is 0.322 e. The maximum atomic E-state index is 11.8. The SMILES string of the molecule is CCOC(=N)C(C(=O)OCC)c1ccccc1. The van der Waals surface area contributed by atoms with Crippen LogP contribution in [0.2, 0.25) is 0 Å². The number of ether oxygens (including phenoxy) is 2. The number of hydrogen-bond acceptors (Lipinski definition) is 4. The van der Waals surface area contributed by atoms with Crippen LogP contribution in [-0.2, 0) is 14.3 Å². The van der Waals surface area contributed by atoms with Crippen molar-refractivity contribution in [2.75, 3.05) is 13.2 Å². The van der Waals surface area contributed by atoms with Gasteiger partial charge in [-0.05, 0) is 19.4 Å². The van der Waals surface area contributed by atoms with Crippen molar-refractivity contribution in [2.24, 2.45) is 0 Å². The monoisotopic (exact) mass is 235 g/mol. The van der Waals surface area contributed by atoms with E-state index in [1.807, 2.05) is 18.2 Å². The molecule has 1 unspecified atom stereocenters. The molecule has 0 bridgehead atoms. The molecule has 0 aliphatic rings. The molecule has 0 radical (unpaired) electrons. The van der Waals surface area contributed by atoms with Gasteiger partial charge in [-0.3, -0.25) is 10.2 Å². The van der Waals surface area contributed by atoms with Crippen LogP contribution in [0.5, 0.6) is 0 Å². The van der Waals surface area contributed by atoms with E-state index in [0.717, 1.165) is 0 Å². The molecular weight excluding hydrogens is 218 g/mol. The first-order chi connectivity index (χ1) is 8.20. The summed E-state index contributed by atoms with van der Waals surface area (Å²) in [7, 11) is 0. The highest BCUT2D eigenvalue weighted by Gasteiger charge is 2.27. The lowest BCUT2D eigenvalue weighted by molar-refractivity contribution is -0.143. The lowest BCUT2D eigenvalue weighted by Gasteiger charge is -2.16. The summed E-state index contributed by atoms with van der Waals surface area (Å²) >= 11 is 0. The summed E-state index contributed by atoms with van der Waals surface area (Å²) in [6.07, 6.45) is 0. The molecule has 1 aromatic carbocycles. The Labute approximate surface area is 101 Å². The van der Waals surface area contributed by atoms with Crippen LogP contribution in [0.15, 0.2) is 30.3 Å². The third kappa shape index (κ3) is 3.59. The summed E-state index contributed by atoms with van der Waals surface area (Å²) in [4.78, 5) is 11.8. The van der Waals surface area contributed by atoms with E-state index < -0.39 is 11.9 Å². The molecule has 0 aliphatic heterocycles. The summed E-state index contributed by atoms with van der Waals surface area (Å²) < 4.78 is 10.1. The molecular formula is C13H17NO3. The van der Waals surface area contributed by atoms with Gasteiger partial charge in [0.15, 0.2) is 11.8 Å². The average molecular weight is 235 g/mol. The second-order valence-corrected chi connectivity index (χ2v) is 3.39. The molecule has 1 rings (SSSR count). The number of rotatable bonds is 5. The second-order valence-electron chi connectivity index (χ2n) is 3.39. The first kappa shape index (κ1) is 13.2. The summed E-state index contributed by atoms with van der Waals surface area (Å²) in [5.74, 6) is -1.29. The fourth-order valence-corrected chi connectivity index (χ4v) is 1.50. The second kappa shape index (κ2) is 6.68. The largest absolute Gasteiger partial charge is 0.481 e. The van der Waals surface area contributed by atoms with Gasteiger partial charge >= 0.3 is 5.97 Å². The molecule has 0 heterocycles. The van der Waals surface area contributed by atoms with E-state index in [0.29, 0.717) is 18.8 Å². The van der Waals surface area contributed by atoms with Crippen LogP contribution in [0, 0.1) is 5.41 Å². The molecule has 0 saturated carbocycles. The molecule has 1 aromatic rings. The number of benzene rings is 1. The fourth-order valence-electron chi connectivity index (χ4n) is 1.50. The molecule has 1 atom stereocenters. The predicted molar refractivity (Wildman–Crippen MR) is 65.2 cm³/mol. The van der Waals surface area contributed by atoms with Crippen LogP contribution in [0.4, 0.5) is 0 Å². The van der Waals surface area contributed by atoms with E-state index in [1.165, 1.54) is 0 Å². The van der Waals surface area contributed by atoms with Crippen molar-refractivity contribution >= 4 is 11.9 Å². The Kier molecular flexibility index (Phi) is 5.20. The highest BCUT2D eigenvalue weighted by atomic mass is 16.5. The van der Waals surface area contributed by atoms with Gasteiger partial charge in [0.2, 0.25) is 0 Å². The zero-order valence-electron chi connectivity index (χ0n) is 10.1. The summed E-state index contributed by atoms with van der Waals surface area (Å²) in [6, 6.07) is 9.07. The van der Waals surface area contributed by atoms with Crippen molar-refractivity contribution in [1.29, 1.82) is 5.41 Å². The van der Waals surface area contributed by atoms with Gasteiger partial charge in [0.25, 0.3) is 0 Å². The Balaban J connectivity index is 2.94. The van der Waals surface area contributed by atoms with Crippen LogP contribution in [0.1, 0.15) is 25.3 Å². The molecule has 0 spiro atoms. The molecule has 0 amide bonds. The normalized spacial score (nSPS) is 11.6. The number of carbonyl (C=O) groups excluding carboxylic acids is 1. The number of carbonyl (C=O) groups is 1. The average Bonchev–Trinajstić information content (AvgIpc) is 2.31. The van der Waals surface area contributed by atoms with Crippen molar-refractivity contribution < 1.29 is 14.3 Å². The van der Waals surface area contributed by atoms with E-state index in [2.05, 4.69) is 0 Å². The molecule has 92 valence electrons. The molecule has 0 aliphatic carbocycles. The van der Waals surface area contributed by atoms with Crippen molar-refractivity contribution in [3.8, 4) is 0 Å². The first-order valence-electron chi connectivity index (χ1n) is 5.63. The Hall–Kier alpha value is -1.84. The van der Waals surface area contributed by atoms with E-state index >= 15 is 0 Å². The Bertz CT molecular complexity index is 358. The Morgan fingerprint density at radius 1 is 1.18 bits per heavy atom. The zero-order valence-corrected chi connectivity index (χ0v) is 10.1. The molecule has 17 heavy (non-hydrogen) atoms. The molecule has 4 nitrogen and oxygen atoms in total. The quantitative estimate of drug-likeness (QED) is 0.484. The predicted octanol–water partition coefficient (Wildman–Crippen LogP) is 2.35. The van der Waals surface area contributed by atoms with Crippen LogP contribution >= 0.6 is 0 Å². The third-order valence-electron chi connectivity index (χ3n) is 2.22. The summed E-state index contributed by atoms with van der Waals surface area (Å²) in [5, 5.41) is 7.77. The van der Waals surface area contributed by atoms with Crippen molar-refractivity contribution in [2.45, 2.75) is 19.8 Å². The first-order valence-corrected chi connectivity index (χ1v) is 5.63. The minimum absolute atomic E-state index is 0.0721. The number of hydrogen-bond donors (Lipinski definition) is 1. The minimum Gasteiger partial charge on any atom is -0.481 e. The summed E-state index contributed by atoms with van der Waals surface area (Å²) in [5.41, 5.74) is 0.712. The maximum absolute atomic E-state index is 11.8. The fraction of sp³-hybridized carbons (Fsp3) is 0.385. The van der Waals surface area contributed by atoms with Gasteiger partial charge in [0, 0.05) is 0 Å².